The van der Waals surface area contributed by atoms with E-state index in [-0.39, 0.29) is 0 Å². The Balaban J connectivity index is 2.41. The Hall–Kier alpha value is -0.460. The first-order valence-electron chi connectivity index (χ1n) is 3.23. The van der Waals surface area contributed by atoms with Crippen molar-refractivity contribution in [2.24, 2.45) is 0 Å². The number of hydrogen-bond donors (Lipinski definition) is 0. The van der Waals surface area contributed by atoms with Crippen LogP contribution in [0.5, 0.6) is 0 Å². The van der Waals surface area contributed by atoms with Gasteiger partial charge < -0.3 is 4.90 Å². The smallest absolute Gasteiger partial charge is 0.0256 e. The number of nitrogens with zero attached hydrogens (tertiary/aromatic N) is 1. The highest BCUT2D eigenvalue weighted by Crippen LogP contribution is 2.15. The van der Waals surface area contributed by atoms with Gasteiger partial charge in [-0.25, -0.2) is 0 Å². The maximum atomic E-state index is 3.72. The van der Waals surface area contributed by atoms with Crippen molar-refractivity contribution in [1.82, 2.24) is 4.90 Å². The van der Waals surface area contributed by atoms with Crippen molar-refractivity contribution in [2.45, 2.75) is 25.8 Å². The molecule has 0 aromatic carbocycles. The summed E-state index contributed by atoms with van der Waals surface area (Å²) in [4.78, 5) is 2.29. The fourth-order valence-electron chi connectivity index (χ4n) is 1.23. The third kappa shape index (κ3) is 0.857. The van der Waals surface area contributed by atoms with Crippen LogP contribution >= 0.6 is 0 Å². The van der Waals surface area contributed by atoms with E-state index < -0.39 is 0 Å². The molecule has 0 N–H and O–H groups in total. The highest BCUT2D eigenvalue weighted by molar-refractivity contribution is 4.82. The summed E-state index contributed by atoms with van der Waals surface area (Å²) in [6, 6.07) is 0.743. The summed E-state index contributed by atoms with van der Waals surface area (Å²) in [7, 11) is 0. The zero-order valence-electron chi connectivity index (χ0n) is 5.43. The molecule has 0 saturated carbocycles. The van der Waals surface area contributed by atoms with Gasteiger partial charge in [-0.05, 0) is 26.0 Å². The lowest BCUT2D eigenvalue weighted by molar-refractivity contribution is 0.373. The van der Waals surface area contributed by atoms with Gasteiger partial charge in [-0.2, -0.15) is 0 Å². The van der Waals surface area contributed by atoms with Gasteiger partial charge in [0.15, 0.2) is 0 Å². The molecule has 1 nitrogen and oxygen atoms in total. The Morgan fingerprint density at radius 2 is 2.50 bits per heavy atom. The highest BCUT2D eigenvalue weighted by Gasteiger charge is 2.14. The summed E-state index contributed by atoms with van der Waals surface area (Å²) in [6.45, 7) is 7.18. The van der Waals surface area contributed by atoms with E-state index in [0.717, 1.165) is 6.04 Å². The van der Waals surface area contributed by atoms with Crippen molar-refractivity contribution in [3.8, 4) is 0 Å². The van der Waals surface area contributed by atoms with Crippen LogP contribution in [0.4, 0.5) is 0 Å². The lowest BCUT2D eigenvalue weighted by Crippen LogP contribution is -2.19. The van der Waals surface area contributed by atoms with Crippen LogP contribution in [-0.4, -0.2) is 17.5 Å². The van der Waals surface area contributed by atoms with Gasteiger partial charge >= 0.3 is 0 Å². The number of likely N-dealkylation sites (tertiary alicyclic amines) is 1. The first-order chi connectivity index (χ1) is 3.84. The van der Waals surface area contributed by atoms with Crippen LogP contribution in [0.25, 0.3) is 0 Å². The van der Waals surface area contributed by atoms with E-state index >= 15 is 0 Å². The third-order valence-corrected chi connectivity index (χ3v) is 1.84. The monoisotopic (exact) mass is 111 g/mol. The molecular formula is C7H13N. The minimum atomic E-state index is 0.743. The Bertz CT molecular complexity index is 88.4. The van der Waals surface area contributed by atoms with E-state index in [1.165, 1.54) is 19.4 Å². The minimum Gasteiger partial charge on any atom is -0.375 e. The van der Waals surface area contributed by atoms with Gasteiger partial charge in [-0.3, -0.25) is 0 Å². The minimum absolute atomic E-state index is 0.743. The quantitative estimate of drug-likeness (QED) is 0.497. The van der Waals surface area contributed by atoms with Gasteiger partial charge in [0.25, 0.3) is 0 Å². The maximum absolute atomic E-state index is 3.72. The van der Waals surface area contributed by atoms with E-state index in [9.17, 15) is 0 Å². The van der Waals surface area contributed by atoms with Gasteiger partial charge in [0.2, 0.25) is 0 Å². The summed E-state index contributed by atoms with van der Waals surface area (Å²) in [5.41, 5.74) is 0. The van der Waals surface area contributed by atoms with Crippen LogP contribution in [-0.2, 0) is 0 Å². The molecule has 1 atom stereocenters. The molecule has 1 fully saturated rings. The molecule has 0 bridgehead atoms. The van der Waals surface area contributed by atoms with E-state index in [2.05, 4.69) is 18.4 Å². The summed E-state index contributed by atoms with van der Waals surface area (Å²) < 4.78 is 0. The summed E-state index contributed by atoms with van der Waals surface area (Å²) in [6.07, 6.45) is 4.62. The molecule has 0 aromatic heterocycles. The van der Waals surface area contributed by atoms with Crippen LogP contribution in [0.2, 0.25) is 0 Å². The van der Waals surface area contributed by atoms with Crippen LogP contribution in [0, 0.1) is 0 Å². The van der Waals surface area contributed by atoms with Crippen LogP contribution in [0.3, 0.4) is 0 Å². The van der Waals surface area contributed by atoms with Crippen molar-refractivity contribution in [3.05, 3.63) is 12.8 Å². The second-order valence-electron chi connectivity index (χ2n) is 2.41. The average Bonchev–Trinajstić information content (AvgIpc) is 2.14. The molecule has 8 heavy (non-hydrogen) atoms. The van der Waals surface area contributed by atoms with Gasteiger partial charge in [0.05, 0.1) is 0 Å². The lowest BCUT2D eigenvalue weighted by atomic mass is 10.2. The molecule has 0 aliphatic carbocycles. The molecule has 0 aromatic rings. The van der Waals surface area contributed by atoms with Crippen molar-refractivity contribution in [3.63, 3.8) is 0 Å². The SMILES string of the molecule is C=CN1CCC[C@H]1C. The fraction of sp³-hybridized carbons (Fsp3) is 0.714. The summed E-state index contributed by atoms with van der Waals surface area (Å²) >= 11 is 0. The molecule has 1 aliphatic heterocycles. The highest BCUT2D eigenvalue weighted by atomic mass is 15.1. The largest absolute Gasteiger partial charge is 0.375 e. The molecule has 0 unspecified atom stereocenters. The zero-order valence-corrected chi connectivity index (χ0v) is 5.43. The van der Waals surface area contributed by atoms with Gasteiger partial charge in [-0.15, -0.1) is 0 Å². The molecule has 1 heterocycles. The lowest BCUT2D eigenvalue weighted by Gasteiger charge is -2.16. The van der Waals surface area contributed by atoms with E-state index in [1.807, 2.05) is 6.20 Å². The molecular weight excluding hydrogens is 98.1 g/mol. The van der Waals surface area contributed by atoms with E-state index in [0.29, 0.717) is 0 Å². The van der Waals surface area contributed by atoms with Crippen molar-refractivity contribution in [1.29, 1.82) is 0 Å². The molecule has 0 radical (unpaired) electrons. The van der Waals surface area contributed by atoms with Crippen molar-refractivity contribution >= 4 is 0 Å². The van der Waals surface area contributed by atoms with Gasteiger partial charge in [-0.1, -0.05) is 6.58 Å². The second kappa shape index (κ2) is 2.21. The third-order valence-electron chi connectivity index (χ3n) is 1.84. The van der Waals surface area contributed by atoms with Gasteiger partial charge in [0, 0.05) is 12.6 Å². The Labute approximate surface area is 51.0 Å². The van der Waals surface area contributed by atoms with Crippen LogP contribution < -0.4 is 0 Å². The Kier molecular flexibility index (Phi) is 1.56. The standard InChI is InChI=1S/C7H13N/c1-3-8-6-4-5-7(8)2/h3,7H,1,4-6H2,2H3/t7-/m1/s1. The normalized spacial score (nSPS) is 28.6. The number of hydrogen-bond acceptors (Lipinski definition) is 1. The molecule has 46 valence electrons. The van der Waals surface area contributed by atoms with E-state index in [1.54, 1.807) is 0 Å². The fourth-order valence-corrected chi connectivity index (χ4v) is 1.23. The topological polar surface area (TPSA) is 3.24 Å². The first kappa shape index (κ1) is 5.67. The van der Waals surface area contributed by atoms with Crippen LogP contribution in [0.1, 0.15) is 19.8 Å². The number of rotatable bonds is 1. The van der Waals surface area contributed by atoms with Crippen LogP contribution in [0.15, 0.2) is 12.8 Å². The van der Waals surface area contributed by atoms with Crippen molar-refractivity contribution < 1.29 is 0 Å². The summed E-state index contributed by atoms with van der Waals surface area (Å²) in [5.74, 6) is 0. The molecule has 0 spiro atoms. The second-order valence-corrected chi connectivity index (χ2v) is 2.41. The predicted octanol–water partition coefficient (Wildman–Crippen LogP) is 1.61. The molecule has 1 aliphatic rings. The average molecular weight is 111 g/mol. The molecule has 1 rings (SSSR count). The van der Waals surface area contributed by atoms with Gasteiger partial charge in [0.1, 0.15) is 0 Å². The van der Waals surface area contributed by atoms with E-state index in [4.69, 9.17) is 0 Å². The predicted molar refractivity (Wildman–Crippen MR) is 35.6 cm³/mol. The van der Waals surface area contributed by atoms with Crippen molar-refractivity contribution in [2.75, 3.05) is 6.54 Å². The molecule has 1 saturated heterocycles. The first-order valence-corrected chi connectivity index (χ1v) is 3.23. The Morgan fingerprint density at radius 3 is 2.75 bits per heavy atom. The summed E-state index contributed by atoms with van der Waals surface area (Å²) in [5, 5.41) is 0. The molecule has 0 amide bonds. The molecule has 1 heteroatoms. The maximum Gasteiger partial charge on any atom is 0.0256 e. The Morgan fingerprint density at radius 1 is 1.75 bits per heavy atom. The zero-order chi connectivity index (χ0) is 5.98.